The average Bonchev–Trinajstić information content (AvgIpc) is 2.28. The minimum Gasteiger partial charge on any atom is -0.508 e. The standard InChI is InChI=1S/C12H15NO4/c1-8-6-9(14)4-5-10(8)12(16)13(2)7-11(15)17-3/h4-6,14H,7H2,1-3H3. The van der Waals surface area contributed by atoms with Crippen molar-refractivity contribution in [1.82, 2.24) is 4.90 Å². The number of rotatable bonds is 3. The molecule has 0 saturated heterocycles. The number of phenols is 1. The Labute approximate surface area is 99.6 Å². The van der Waals surface area contributed by atoms with Gasteiger partial charge in [0.25, 0.3) is 5.91 Å². The molecule has 0 aliphatic heterocycles. The highest BCUT2D eigenvalue weighted by molar-refractivity contribution is 5.97. The van der Waals surface area contributed by atoms with Gasteiger partial charge in [-0.15, -0.1) is 0 Å². The summed E-state index contributed by atoms with van der Waals surface area (Å²) in [6.07, 6.45) is 0. The number of likely N-dealkylation sites (N-methyl/N-ethyl adjacent to an activating group) is 1. The number of amides is 1. The fraction of sp³-hybridized carbons (Fsp3) is 0.333. The second-order valence-corrected chi connectivity index (χ2v) is 3.74. The van der Waals surface area contributed by atoms with E-state index in [-0.39, 0.29) is 18.2 Å². The van der Waals surface area contributed by atoms with Gasteiger partial charge in [-0.1, -0.05) is 0 Å². The van der Waals surface area contributed by atoms with E-state index in [1.54, 1.807) is 6.92 Å². The van der Waals surface area contributed by atoms with Crippen LogP contribution in [-0.2, 0) is 9.53 Å². The van der Waals surface area contributed by atoms with Crippen LogP contribution in [-0.4, -0.2) is 42.6 Å². The molecular weight excluding hydrogens is 222 g/mol. The van der Waals surface area contributed by atoms with Crippen molar-refractivity contribution in [2.75, 3.05) is 20.7 Å². The van der Waals surface area contributed by atoms with Crippen molar-refractivity contribution >= 4 is 11.9 Å². The smallest absolute Gasteiger partial charge is 0.325 e. The van der Waals surface area contributed by atoms with E-state index in [2.05, 4.69) is 4.74 Å². The lowest BCUT2D eigenvalue weighted by atomic mass is 10.1. The molecule has 0 radical (unpaired) electrons. The molecule has 17 heavy (non-hydrogen) atoms. The number of ether oxygens (including phenoxy) is 1. The molecule has 0 spiro atoms. The van der Waals surface area contributed by atoms with Crippen LogP contribution in [0.1, 0.15) is 15.9 Å². The van der Waals surface area contributed by atoms with Gasteiger partial charge >= 0.3 is 5.97 Å². The third-order valence-corrected chi connectivity index (χ3v) is 2.38. The monoisotopic (exact) mass is 237 g/mol. The second-order valence-electron chi connectivity index (χ2n) is 3.74. The van der Waals surface area contributed by atoms with Crippen molar-refractivity contribution < 1.29 is 19.4 Å². The van der Waals surface area contributed by atoms with Gasteiger partial charge in [0, 0.05) is 12.6 Å². The molecule has 0 unspecified atom stereocenters. The molecule has 0 aliphatic rings. The zero-order chi connectivity index (χ0) is 13.0. The van der Waals surface area contributed by atoms with Gasteiger partial charge in [0.15, 0.2) is 0 Å². The van der Waals surface area contributed by atoms with Gasteiger partial charge in [-0.2, -0.15) is 0 Å². The Balaban J connectivity index is 2.85. The van der Waals surface area contributed by atoms with Crippen molar-refractivity contribution in [3.05, 3.63) is 29.3 Å². The summed E-state index contributed by atoms with van der Waals surface area (Å²) >= 11 is 0. The maximum atomic E-state index is 12.0. The SMILES string of the molecule is COC(=O)CN(C)C(=O)c1ccc(O)cc1C. The average molecular weight is 237 g/mol. The van der Waals surface area contributed by atoms with Crippen LogP contribution < -0.4 is 0 Å². The molecule has 1 aromatic rings. The quantitative estimate of drug-likeness (QED) is 0.795. The van der Waals surface area contributed by atoms with Crippen molar-refractivity contribution in [3.63, 3.8) is 0 Å². The van der Waals surface area contributed by atoms with Gasteiger partial charge < -0.3 is 14.7 Å². The highest BCUT2D eigenvalue weighted by atomic mass is 16.5. The minimum atomic E-state index is -0.475. The van der Waals surface area contributed by atoms with Crippen LogP contribution in [0, 0.1) is 6.92 Å². The Morgan fingerprint density at radius 1 is 1.41 bits per heavy atom. The first-order valence-electron chi connectivity index (χ1n) is 5.07. The molecule has 0 fully saturated rings. The van der Waals surface area contributed by atoms with Gasteiger partial charge in [-0.25, -0.2) is 0 Å². The fourth-order valence-corrected chi connectivity index (χ4v) is 1.42. The number of nitrogens with zero attached hydrogens (tertiary/aromatic N) is 1. The van der Waals surface area contributed by atoms with Gasteiger partial charge in [0.2, 0.25) is 0 Å². The summed E-state index contributed by atoms with van der Waals surface area (Å²) in [5.74, 6) is -0.653. The van der Waals surface area contributed by atoms with E-state index in [1.807, 2.05) is 0 Å². The van der Waals surface area contributed by atoms with Gasteiger partial charge in [0.05, 0.1) is 7.11 Å². The molecule has 1 amide bonds. The van der Waals surface area contributed by atoms with Crippen LogP contribution in [0.5, 0.6) is 5.75 Å². The summed E-state index contributed by atoms with van der Waals surface area (Å²) in [6, 6.07) is 4.46. The second kappa shape index (κ2) is 5.34. The lowest BCUT2D eigenvalue weighted by molar-refractivity contribution is -0.141. The number of hydrogen-bond acceptors (Lipinski definition) is 4. The van der Waals surface area contributed by atoms with Crippen LogP contribution in [0.15, 0.2) is 18.2 Å². The van der Waals surface area contributed by atoms with E-state index >= 15 is 0 Å². The van der Waals surface area contributed by atoms with Crippen LogP contribution in [0.2, 0.25) is 0 Å². The molecule has 1 N–H and O–H groups in total. The number of aromatic hydroxyl groups is 1. The number of benzene rings is 1. The Bertz CT molecular complexity index is 442. The summed E-state index contributed by atoms with van der Waals surface area (Å²) in [7, 11) is 2.79. The lowest BCUT2D eigenvalue weighted by Crippen LogP contribution is -2.33. The van der Waals surface area contributed by atoms with Crippen molar-refractivity contribution in [2.45, 2.75) is 6.92 Å². The number of esters is 1. The molecule has 1 rings (SSSR count). The molecular formula is C12H15NO4. The molecule has 5 heteroatoms. The van der Waals surface area contributed by atoms with E-state index in [0.29, 0.717) is 11.1 Å². The van der Waals surface area contributed by atoms with E-state index < -0.39 is 5.97 Å². The van der Waals surface area contributed by atoms with Gasteiger partial charge in [0.1, 0.15) is 12.3 Å². The molecule has 1 aromatic carbocycles. The molecule has 0 aromatic heterocycles. The molecule has 0 bridgehead atoms. The zero-order valence-corrected chi connectivity index (χ0v) is 10.1. The summed E-state index contributed by atoms with van der Waals surface area (Å²) in [5.41, 5.74) is 1.11. The Kier molecular flexibility index (Phi) is 4.09. The first-order chi connectivity index (χ1) is 7.95. The molecule has 5 nitrogen and oxygen atoms in total. The van der Waals surface area contributed by atoms with Crippen LogP contribution in [0.25, 0.3) is 0 Å². The Morgan fingerprint density at radius 3 is 2.59 bits per heavy atom. The summed E-state index contributed by atoms with van der Waals surface area (Å²) in [4.78, 5) is 24.3. The molecule has 0 saturated carbocycles. The summed E-state index contributed by atoms with van der Waals surface area (Å²) in [5, 5.41) is 9.24. The number of hydrogen-bond donors (Lipinski definition) is 1. The predicted molar refractivity (Wildman–Crippen MR) is 61.8 cm³/mol. The van der Waals surface area contributed by atoms with E-state index in [0.717, 1.165) is 0 Å². The normalized spacial score (nSPS) is 9.82. The van der Waals surface area contributed by atoms with Crippen LogP contribution in [0.3, 0.4) is 0 Å². The Hall–Kier alpha value is -2.04. The van der Waals surface area contributed by atoms with Crippen LogP contribution >= 0.6 is 0 Å². The topological polar surface area (TPSA) is 66.8 Å². The van der Waals surface area contributed by atoms with Crippen molar-refractivity contribution in [3.8, 4) is 5.75 Å². The molecule has 0 atom stereocenters. The lowest BCUT2D eigenvalue weighted by Gasteiger charge is -2.16. The number of aryl methyl sites for hydroxylation is 1. The van der Waals surface area contributed by atoms with Crippen molar-refractivity contribution in [1.29, 1.82) is 0 Å². The van der Waals surface area contributed by atoms with Gasteiger partial charge in [-0.3, -0.25) is 9.59 Å². The van der Waals surface area contributed by atoms with Crippen molar-refractivity contribution in [2.24, 2.45) is 0 Å². The summed E-state index contributed by atoms with van der Waals surface area (Å²) < 4.78 is 4.48. The first-order valence-corrected chi connectivity index (χ1v) is 5.07. The summed E-state index contributed by atoms with van der Waals surface area (Å²) in [6.45, 7) is 1.62. The van der Waals surface area contributed by atoms with E-state index in [1.165, 1.54) is 37.3 Å². The van der Waals surface area contributed by atoms with Gasteiger partial charge in [-0.05, 0) is 30.7 Å². The number of methoxy groups -OCH3 is 1. The minimum absolute atomic E-state index is 0.102. The largest absolute Gasteiger partial charge is 0.508 e. The number of carbonyl (C=O) groups excluding carboxylic acids is 2. The molecule has 92 valence electrons. The predicted octanol–water partition coefficient (Wildman–Crippen LogP) is 0.946. The molecule has 0 aliphatic carbocycles. The maximum absolute atomic E-state index is 12.0. The van der Waals surface area contributed by atoms with E-state index in [9.17, 15) is 14.7 Å². The number of carbonyl (C=O) groups is 2. The van der Waals surface area contributed by atoms with Crippen LogP contribution in [0.4, 0.5) is 0 Å². The first kappa shape index (κ1) is 13.0. The molecule has 0 heterocycles. The highest BCUT2D eigenvalue weighted by Crippen LogP contribution is 2.16. The van der Waals surface area contributed by atoms with E-state index in [4.69, 9.17) is 0 Å². The Morgan fingerprint density at radius 2 is 2.06 bits per heavy atom. The zero-order valence-electron chi connectivity index (χ0n) is 10.1. The third-order valence-electron chi connectivity index (χ3n) is 2.38. The highest BCUT2D eigenvalue weighted by Gasteiger charge is 2.16. The number of phenolic OH excluding ortho intramolecular Hbond substituents is 1. The fourth-order valence-electron chi connectivity index (χ4n) is 1.42. The third kappa shape index (κ3) is 3.21. The maximum Gasteiger partial charge on any atom is 0.325 e.